The minimum absolute atomic E-state index is 0.143. The molecule has 5 rings (SSSR count). The van der Waals surface area contributed by atoms with Crippen molar-refractivity contribution >= 4 is 23.0 Å². The number of aromatic nitrogens is 3. The molecule has 11 heteroatoms. The molecule has 1 aliphatic heterocycles. The lowest BCUT2D eigenvalue weighted by Crippen LogP contribution is -2.44. The zero-order chi connectivity index (χ0) is 26.8. The van der Waals surface area contributed by atoms with E-state index in [1.165, 1.54) is 11.2 Å². The van der Waals surface area contributed by atoms with Crippen LogP contribution in [0.15, 0.2) is 22.9 Å². The van der Waals surface area contributed by atoms with Crippen molar-refractivity contribution in [2.75, 3.05) is 26.4 Å². The smallest absolute Gasteiger partial charge is 0.410 e. The van der Waals surface area contributed by atoms with E-state index in [9.17, 15) is 9.59 Å². The molecule has 2 N–H and O–H groups in total. The third-order valence-corrected chi connectivity index (χ3v) is 7.74. The summed E-state index contributed by atoms with van der Waals surface area (Å²) in [4.78, 5) is 35.1. The van der Waals surface area contributed by atoms with Crippen molar-refractivity contribution in [1.29, 1.82) is 0 Å². The molecule has 2 atom stereocenters. The molecular formula is C27H34FN5O5. The molecule has 1 saturated heterocycles. The van der Waals surface area contributed by atoms with Crippen LogP contribution in [0.5, 0.6) is 0 Å². The van der Waals surface area contributed by atoms with Crippen LogP contribution in [-0.4, -0.2) is 58.4 Å². The number of halogens is 1. The van der Waals surface area contributed by atoms with Gasteiger partial charge in [0.1, 0.15) is 23.2 Å². The lowest BCUT2D eigenvalue weighted by molar-refractivity contribution is -0.00982. The first-order valence-corrected chi connectivity index (χ1v) is 13.3. The third-order valence-electron chi connectivity index (χ3n) is 7.74. The number of hydrogen-bond acceptors (Lipinski definition) is 7. The third kappa shape index (κ3) is 5.11. The molecule has 2 aliphatic rings. The number of nitrogens with one attached hydrogen (secondary N) is 2. The number of rotatable bonds is 6. The summed E-state index contributed by atoms with van der Waals surface area (Å²) in [5.41, 5.74) is 1.86. The van der Waals surface area contributed by atoms with Gasteiger partial charge in [0, 0.05) is 12.1 Å². The number of morpholine rings is 1. The van der Waals surface area contributed by atoms with Gasteiger partial charge in [-0.1, -0.05) is 31.0 Å². The first-order chi connectivity index (χ1) is 18.4. The van der Waals surface area contributed by atoms with Gasteiger partial charge >= 0.3 is 6.09 Å². The second-order valence-electron chi connectivity index (χ2n) is 10.3. The predicted molar refractivity (Wildman–Crippen MR) is 136 cm³/mol. The van der Waals surface area contributed by atoms with Gasteiger partial charge in [0.15, 0.2) is 5.82 Å². The molecule has 0 bridgehead atoms. The molecule has 2 amide bonds. The minimum Gasteiger partial charge on any atom is -0.450 e. The number of aryl methyl sites for hydroxylation is 1. The number of hydrogen-bond donors (Lipinski definition) is 2. The quantitative estimate of drug-likeness (QED) is 0.471. The summed E-state index contributed by atoms with van der Waals surface area (Å²) < 4.78 is 31.7. The minimum atomic E-state index is -0.626. The van der Waals surface area contributed by atoms with Crippen LogP contribution in [-0.2, 0) is 9.47 Å². The van der Waals surface area contributed by atoms with E-state index < -0.39 is 24.0 Å². The first-order valence-electron chi connectivity index (χ1n) is 13.3. The van der Waals surface area contributed by atoms with E-state index in [0.717, 1.165) is 25.7 Å². The lowest BCUT2D eigenvalue weighted by atomic mass is 9.79. The van der Waals surface area contributed by atoms with Crippen molar-refractivity contribution in [3.05, 3.63) is 46.9 Å². The van der Waals surface area contributed by atoms with Crippen LogP contribution in [0.25, 0.3) is 11.0 Å². The predicted octanol–water partition coefficient (Wildman–Crippen LogP) is 4.83. The maximum atomic E-state index is 16.0. The molecule has 0 spiro atoms. The summed E-state index contributed by atoms with van der Waals surface area (Å²) in [5.74, 6) is 0.439. The van der Waals surface area contributed by atoms with Gasteiger partial charge in [-0.25, -0.2) is 14.2 Å². The Balaban J connectivity index is 1.48. The topological polar surface area (TPSA) is 123 Å². The number of H-pyrrole nitrogens is 1. The fourth-order valence-corrected chi connectivity index (χ4v) is 5.53. The van der Waals surface area contributed by atoms with E-state index in [-0.39, 0.29) is 30.6 Å². The van der Waals surface area contributed by atoms with Crippen molar-refractivity contribution < 1.29 is 28.0 Å². The van der Waals surface area contributed by atoms with Crippen LogP contribution in [0.3, 0.4) is 0 Å². The zero-order valence-electron chi connectivity index (χ0n) is 22.0. The summed E-state index contributed by atoms with van der Waals surface area (Å²) in [5, 5.41) is 6.93. The second-order valence-corrected chi connectivity index (χ2v) is 10.3. The average Bonchev–Trinajstić information content (AvgIpc) is 3.55. The molecular weight excluding hydrogens is 493 g/mol. The van der Waals surface area contributed by atoms with E-state index in [4.69, 9.17) is 14.0 Å². The van der Waals surface area contributed by atoms with Crippen molar-refractivity contribution in [3.8, 4) is 0 Å². The number of fused-ring (bicyclic) bond motifs is 1. The Kier molecular flexibility index (Phi) is 7.64. The highest BCUT2D eigenvalue weighted by Crippen LogP contribution is 2.38. The molecule has 1 aromatic carbocycles. The standard InChI is InChI=1S/C27H34FN5O5/c1-4-37-27(35)33-11-12-36-14-21(33)18-9-10-20-24(22(18)28)30-25(29-20)23(17-7-5-15(2)6-8-17)31-26(34)19-13-38-32-16(19)3/h9-10,13,15,17,21,23H,4-8,11-12,14H2,1-3H3,(H,29,30)(H,31,34)/t15?,17?,21?,23-/m0/s1. The number of carbonyl (C=O) groups excluding carboxylic acids is 2. The molecule has 2 aromatic heterocycles. The van der Waals surface area contributed by atoms with Crippen LogP contribution in [0.2, 0.25) is 0 Å². The summed E-state index contributed by atoms with van der Waals surface area (Å²) >= 11 is 0. The number of imidazole rings is 1. The summed E-state index contributed by atoms with van der Waals surface area (Å²) in [6.45, 7) is 6.74. The van der Waals surface area contributed by atoms with Crippen LogP contribution in [0.4, 0.5) is 9.18 Å². The molecule has 3 aromatic rings. The monoisotopic (exact) mass is 527 g/mol. The second kappa shape index (κ2) is 11.1. The summed E-state index contributed by atoms with van der Waals surface area (Å²) in [6, 6.07) is 2.35. The van der Waals surface area contributed by atoms with Gasteiger partial charge in [-0.2, -0.15) is 0 Å². The number of benzene rings is 1. The zero-order valence-corrected chi connectivity index (χ0v) is 22.0. The van der Waals surface area contributed by atoms with Gasteiger partial charge in [0.25, 0.3) is 5.91 Å². The number of carbonyl (C=O) groups is 2. The number of nitrogens with zero attached hydrogens (tertiary/aromatic N) is 3. The Labute approximate surface area is 220 Å². The fraction of sp³-hybridized carbons (Fsp3) is 0.556. The van der Waals surface area contributed by atoms with Crippen molar-refractivity contribution in [2.24, 2.45) is 11.8 Å². The van der Waals surface area contributed by atoms with Gasteiger partial charge in [-0.3, -0.25) is 9.69 Å². The number of aromatic amines is 1. The molecule has 1 aliphatic carbocycles. The van der Waals surface area contributed by atoms with Gasteiger partial charge in [-0.05, 0) is 44.6 Å². The maximum Gasteiger partial charge on any atom is 0.410 e. The molecule has 1 unspecified atom stereocenters. The molecule has 1 saturated carbocycles. The van der Waals surface area contributed by atoms with E-state index in [0.29, 0.717) is 47.2 Å². The number of amides is 2. The highest BCUT2D eigenvalue weighted by molar-refractivity contribution is 5.95. The average molecular weight is 528 g/mol. The van der Waals surface area contributed by atoms with E-state index >= 15 is 4.39 Å². The molecule has 38 heavy (non-hydrogen) atoms. The van der Waals surface area contributed by atoms with Crippen LogP contribution in [0.1, 0.15) is 79.1 Å². The van der Waals surface area contributed by atoms with Crippen LogP contribution in [0, 0.1) is 24.6 Å². The van der Waals surface area contributed by atoms with Gasteiger partial charge in [0.05, 0.1) is 43.1 Å². The lowest BCUT2D eigenvalue weighted by Gasteiger charge is -2.35. The van der Waals surface area contributed by atoms with Gasteiger partial charge in [0.2, 0.25) is 0 Å². The summed E-state index contributed by atoms with van der Waals surface area (Å²) in [7, 11) is 0. The molecule has 10 nitrogen and oxygen atoms in total. The fourth-order valence-electron chi connectivity index (χ4n) is 5.53. The molecule has 204 valence electrons. The molecule has 3 heterocycles. The van der Waals surface area contributed by atoms with Crippen molar-refractivity contribution in [2.45, 2.75) is 58.5 Å². The Hall–Kier alpha value is -3.47. The Morgan fingerprint density at radius 1 is 1.29 bits per heavy atom. The van der Waals surface area contributed by atoms with Crippen molar-refractivity contribution in [3.63, 3.8) is 0 Å². The Morgan fingerprint density at radius 2 is 2.08 bits per heavy atom. The van der Waals surface area contributed by atoms with E-state index in [1.54, 1.807) is 26.0 Å². The maximum absolute atomic E-state index is 16.0. The normalized spacial score (nSPS) is 22.8. The Bertz CT molecular complexity index is 1300. The number of ether oxygens (including phenoxy) is 2. The van der Waals surface area contributed by atoms with E-state index in [2.05, 4.69) is 27.4 Å². The largest absolute Gasteiger partial charge is 0.450 e. The molecule has 0 radical (unpaired) electrons. The van der Waals surface area contributed by atoms with Crippen molar-refractivity contribution in [1.82, 2.24) is 25.3 Å². The SMILES string of the molecule is CCOC(=O)N1CCOCC1c1ccc2[nH]c([C@@H](NC(=O)c3conc3C)C3CCC(C)CC3)nc2c1F. The van der Waals surface area contributed by atoms with Crippen LogP contribution < -0.4 is 5.32 Å². The van der Waals surface area contributed by atoms with E-state index in [1.807, 2.05) is 0 Å². The van der Waals surface area contributed by atoms with Gasteiger partial charge in [-0.15, -0.1) is 0 Å². The van der Waals surface area contributed by atoms with Crippen LogP contribution >= 0.6 is 0 Å². The highest BCUT2D eigenvalue weighted by Gasteiger charge is 2.34. The summed E-state index contributed by atoms with van der Waals surface area (Å²) in [6.07, 6.45) is 4.78. The molecule has 2 fully saturated rings. The highest BCUT2D eigenvalue weighted by atomic mass is 19.1. The van der Waals surface area contributed by atoms with Gasteiger partial charge < -0.3 is 24.3 Å². The Morgan fingerprint density at radius 3 is 2.79 bits per heavy atom. The first kappa shape index (κ1) is 26.1.